The summed E-state index contributed by atoms with van der Waals surface area (Å²) in [6.07, 6.45) is 3.14. The zero-order valence-electron chi connectivity index (χ0n) is 17.3. The molecule has 1 saturated heterocycles. The summed E-state index contributed by atoms with van der Waals surface area (Å²) in [6, 6.07) is 1.04. The van der Waals surface area contributed by atoms with E-state index < -0.39 is 17.2 Å². The Bertz CT molecular complexity index is 1060. The van der Waals surface area contributed by atoms with E-state index in [1.807, 2.05) is 4.90 Å². The van der Waals surface area contributed by atoms with Crippen LogP contribution >= 0.6 is 12.2 Å². The second-order valence-electron chi connectivity index (χ2n) is 8.99. The van der Waals surface area contributed by atoms with Crippen LogP contribution in [-0.2, 0) is 23.9 Å². The van der Waals surface area contributed by atoms with Gasteiger partial charge in [-0.05, 0) is 42.6 Å². The fraction of sp³-hybridized carbons (Fsp3) is 0.524. The number of imidazole rings is 1. The number of carbonyl (C=O) groups excluding carboxylic acids is 1. The summed E-state index contributed by atoms with van der Waals surface area (Å²) in [5, 5.41) is 0.584. The van der Waals surface area contributed by atoms with Crippen molar-refractivity contribution in [3.05, 3.63) is 47.8 Å². The molecule has 2 fully saturated rings. The van der Waals surface area contributed by atoms with Gasteiger partial charge in [0.1, 0.15) is 6.33 Å². The predicted octanol–water partition coefficient (Wildman–Crippen LogP) is 2.05. The Morgan fingerprint density at radius 2 is 2.12 bits per heavy atom. The molecule has 0 radical (unpaired) electrons. The summed E-state index contributed by atoms with van der Waals surface area (Å²) in [6.45, 7) is 1.63. The molecule has 2 N–H and O–H groups in total. The number of thiocarbonyl (C=S) groups is 1. The minimum atomic E-state index is -4.47. The maximum Gasteiger partial charge on any atom is 0.417 e. The number of nitrogens with two attached hydrogens (primary N) is 1. The summed E-state index contributed by atoms with van der Waals surface area (Å²) < 4.78 is 41.2. The van der Waals surface area contributed by atoms with E-state index in [-0.39, 0.29) is 24.4 Å². The van der Waals surface area contributed by atoms with Gasteiger partial charge in [-0.3, -0.25) is 14.3 Å². The zero-order chi connectivity index (χ0) is 22.7. The van der Waals surface area contributed by atoms with E-state index in [0.717, 1.165) is 18.7 Å². The van der Waals surface area contributed by atoms with Gasteiger partial charge >= 0.3 is 6.18 Å². The van der Waals surface area contributed by atoms with Crippen molar-refractivity contribution >= 4 is 23.2 Å². The second kappa shape index (κ2) is 7.51. The summed E-state index contributed by atoms with van der Waals surface area (Å²) in [4.78, 5) is 25.6. The molecule has 1 aliphatic carbocycles. The third-order valence-electron chi connectivity index (χ3n) is 6.98. The fourth-order valence-corrected chi connectivity index (χ4v) is 5.75. The highest BCUT2D eigenvalue weighted by Gasteiger charge is 2.58. The van der Waals surface area contributed by atoms with Crippen molar-refractivity contribution in [2.75, 3.05) is 19.6 Å². The molecule has 11 heteroatoms. The van der Waals surface area contributed by atoms with Crippen molar-refractivity contribution in [3.63, 3.8) is 0 Å². The number of likely N-dealkylation sites (tertiary alicyclic amines) is 1. The molecule has 2 aromatic rings. The first-order valence-corrected chi connectivity index (χ1v) is 11.0. The average Bonchev–Trinajstić information content (AvgIpc) is 3.46. The lowest BCUT2D eigenvalue weighted by Crippen LogP contribution is -2.49. The smallest absolute Gasteiger partial charge is 0.347 e. The number of hydrogen-bond donors (Lipinski definition) is 1. The summed E-state index contributed by atoms with van der Waals surface area (Å²) in [7, 11) is 0. The van der Waals surface area contributed by atoms with Crippen LogP contribution in [0.4, 0.5) is 13.2 Å². The van der Waals surface area contributed by atoms with Crippen LogP contribution in [0.5, 0.6) is 0 Å². The molecule has 1 saturated carbocycles. The lowest BCUT2D eigenvalue weighted by molar-refractivity contribution is -0.143. The van der Waals surface area contributed by atoms with Gasteiger partial charge in [-0.2, -0.15) is 13.2 Å². The first-order valence-electron chi connectivity index (χ1n) is 10.5. The van der Waals surface area contributed by atoms with E-state index in [1.165, 1.54) is 0 Å². The second-order valence-corrected chi connectivity index (χ2v) is 9.36. The third-order valence-corrected chi connectivity index (χ3v) is 7.45. The van der Waals surface area contributed by atoms with Gasteiger partial charge in [0, 0.05) is 62.9 Å². The van der Waals surface area contributed by atoms with Crippen LogP contribution in [0.2, 0.25) is 0 Å². The minimum Gasteiger partial charge on any atom is -0.347 e. The monoisotopic (exact) mass is 464 g/mol. The normalized spacial score (nSPS) is 27.4. The standard InChI is InChI=1S/C21H23F3N6OS/c22-21(23,24)14-5-13-9-28(3-1-17(13)27-8-14)18(31)20-7-16(25)6-15(20)10-30(11-20)19(32)29-4-2-26-12-29/h2,4-5,8,12,15-16H,1,3,6-7,9-11,25H2/t15-,16+,20-/m0/s1. The lowest BCUT2D eigenvalue weighted by atomic mass is 9.78. The van der Waals surface area contributed by atoms with Crippen LogP contribution in [0.25, 0.3) is 0 Å². The van der Waals surface area contributed by atoms with Crippen molar-refractivity contribution in [1.29, 1.82) is 0 Å². The number of rotatable bonds is 1. The van der Waals surface area contributed by atoms with Crippen molar-refractivity contribution in [2.24, 2.45) is 17.1 Å². The third kappa shape index (κ3) is 3.47. The Morgan fingerprint density at radius 3 is 2.84 bits per heavy atom. The number of aromatic nitrogens is 3. The Morgan fingerprint density at radius 1 is 1.31 bits per heavy atom. The van der Waals surface area contributed by atoms with Gasteiger partial charge in [0.15, 0.2) is 5.11 Å². The summed E-state index contributed by atoms with van der Waals surface area (Å²) >= 11 is 5.61. The molecule has 4 heterocycles. The molecule has 3 atom stereocenters. The van der Waals surface area contributed by atoms with Crippen LogP contribution in [-0.4, -0.2) is 61.0 Å². The lowest BCUT2D eigenvalue weighted by Gasteiger charge is -2.37. The molecule has 7 nitrogen and oxygen atoms in total. The highest BCUT2D eigenvalue weighted by atomic mass is 32.1. The van der Waals surface area contributed by atoms with Gasteiger partial charge in [-0.1, -0.05) is 0 Å². The van der Waals surface area contributed by atoms with Gasteiger partial charge in [0.2, 0.25) is 5.91 Å². The van der Waals surface area contributed by atoms with E-state index in [1.54, 1.807) is 28.2 Å². The van der Waals surface area contributed by atoms with Gasteiger partial charge in [-0.15, -0.1) is 0 Å². The molecule has 0 unspecified atom stereocenters. The topological polar surface area (TPSA) is 80.3 Å². The highest BCUT2D eigenvalue weighted by molar-refractivity contribution is 7.80. The largest absolute Gasteiger partial charge is 0.417 e. The molecule has 32 heavy (non-hydrogen) atoms. The average molecular weight is 465 g/mol. The number of amides is 1. The number of pyridine rings is 1. The number of halogens is 3. The fourth-order valence-electron chi connectivity index (χ4n) is 5.50. The number of hydrogen-bond acceptors (Lipinski definition) is 5. The highest BCUT2D eigenvalue weighted by Crippen LogP contribution is 2.50. The molecule has 0 aromatic carbocycles. The molecule has 0 spiro atoms. The molecule has 5 rings (SSSR count). The van der Waals surface area contributed by atoms with Gasteiger partial charge in [0.05, 0.1) is 11.0 Å². The number of fused-ring (bicyclic) bond motifs is 2. The molecular weight excluding hydrogens is 441 g/mol. The minimum absolute atomic E-state index is 0.0468. The number of nitrogens with zero attached hydrogens (tertiary/aromatic N) is 5. The predicted molar refractivity (Wildman–Crippen MR) is 113 cm³/mol. The first kappa shape index (κ1) is 21.3. The molecule has 1 amide bonds. The van der Waals surface area contributed by atoms with Gasteiger partial charge < -0.3 is 15.5 Å². The Labute approximate surface area is 188 Å². The maximum atomic E-state index is 13.8. The number of carbonyl (C=O) groups is 1. The van der Waals surface area contributed by atoms with E-state index in [9.17, 15) is 18.0 Å². The van der Waals surface area contributed by atoms with Crippen molar-refractivity contribution in [3.8, 4) is 0 Å². The molecule has 2 aliphatic heterocycles. The molecule has 170 valence electrons. The van der Waals surface area contributed by atoms with Crippen molar-refractivity contribution in [2.45, 2.75) is 38.0 Å². The Balaban J connectivity index is 1.40. The van der Waals surface area contributed by atoms with Crippen LogP contribution in [0.15, 0.2) is 31.0 Å². The SMILES string of the molecule is N[C@@H]1C[C@H]2CN(C(=S)n3ccnc3)C[C@@]2(C(=O)N2CCc3ncc(C(F)(F)F)cc3C2)C1. The summed E-state index contributed by atoms with van der Waals surface area (Å²) in [5.74, 6) is 0.00180. The van der Waals surface area contributed by atoms with Crippen LogP contribution in [0, 0.1) is 11.3 Å². The van der Waals surface area contributed by atoms with E-state index >= 15 is 0 Å². The molecular formula is C21H23F3N6OS. The van der Waals surface area contributed by atoms with Crippen LogP contribution < -0.4 is 5.73 Å². The van der Waals surface area contributed by atoms with Gasteiger partial charge in [-0.25, -0.2) is 4.98 Å². The molecule has 3 aliphatic rings. The Kier molecular flexibility index (Phi) is 5.01. The van der Waals surface area contributed by atoms with Crippen molar-refractivity contribution in [1.82, 2.24) is 24.3 Å². The quantitative estimate of drug-likeness (QED) is 0.651. The van der Waals surface area contributed by atoms with Crippen LogP contribution in [0.1, 0.15) is 29.7 Å². The molecule has 2 aromatic heterocycles. The maximum absolute atomic E-state index is 13.8. The zero-order valence-corrected chi connectivity index (χ0v) is 18.1. The van der Waals surface area contributed by atoms with E-state index in [4.69, 9.17) is 18.0 Å². The van der Waals surface area contributed by atoms with Crippen molar-refractivity contribution < 1.29 is 18.0 Å². The van der Waals surface area contributed by atoms with E-state index in [2.05, 4.69) is 9.97 Å². The number of alkyl halides is 3. The van der Waals surface area contributed by atoms with Gasteiger partial charge in [0.25, 0.3) is 0 Å². The first-order chi connectivity index (χ1) is 15.2. The van der Waals surface area contributed by atoms with E-state index in [0.29, 0.717) is 48.8 Å². The van der Waals surface area contributed by atoms with Crippen LogP contribution in [0.3, 0.4) is 0 Å². The Hall–Kier alpha value is -2.53. The summed E-state index contributed by atoms with van der Waals surface area (Å²) in [5.41, 5.74) is 5.87. The molecule has 0 bridgehead atoms.